The number of fused-ring (bicyclic) bond motifs is 4. The lowest BCUT2D eigenvalue weighted by Crippen LogP contribution is -2.43. The van der Waals surface area contributed by atoms with Crippen molar-refractivity contribution in [1.29, 1.82) is 0 Å². The molecule has 0 nitrogen and oxygen atoms in total. The molecule has 0 bridgehead atoms. The first-order valence-electron chi connectivity index (χ1n) is 17.7. The predicted molar refractivity (Wildman–Crippen MR) is 220 cm³/mol. The number of hydrogen-bond donors (Lipinski definition) is 0. The Kier molecular flexibility index (Phi) is 10.3. The molecule has 0 aliphatic heterocycles. The fourth-order valence-corrected chi connectivity index (χ4v) is 19.9. The zero-order valence-electron chi connectivity index (χ0n) is 30.7. The van der Waals surface area contributed by atoms with Gasteiger partial charge in [0.2, 0.25) is 0 Å². The van der Waals surface area contributed by atoms with E-state index in [-0.39, 0.29) is 0 Å². The average Bonchev–Trinajstić information content (AvgIpc) is 2.99. The second-order valence-corrected chi connectivity index (χ2v) is 27.8. The monoisotopic (exact) mass is 716 g/mol. The van der Waals surface area contributed by atoms with Gasteiger partial charge in [0.25, 0.3) is 0 Å². The summed E-state index contributed by atoms with van der Waals surface area (Å²) in [6.45, 7) is 28.9. The maximum absolute atomic E-state index is 4.11. The van der Waals surface area contributed by atoms with Gasteiger partial charge in [-0.3, -0.25) is 0 Å². The molecule has 244 valence electrons. The summed E-state index contributed by atoms with van der Waals surface area (Å²) in [7, 11) is -3.97. The van der Waals surface area contributed by atoms with E-state index in [2.05, 4.69) is 189 Å². The van der Waals surface area contributed by atoms with Crippen LogP contribution in [0.3, 0.4) is 0 Å². The van der Waals surface area contributed by atoms with Crippen molar-refractivity contribution in [3.8, 4) is 22.9 Å². The first-order chi connectivity index (χ1) is 22.1. The van der Waals surface area contributed by atoms with Gasteiger partial charge in [-0.25, -0.2) is 0 Å². The molecule has 0 aromatic heterocycles. The van der Waals surface area contributed by atoms with E-state index in [0.717, 1.165) is 15.6 Å². The summed E-state index contributed by atoms with van der Waals surface area (Å²) in [4.78, 5) is 0. The predicted octanol–water partition coefficient (Wildman–Crippen LogP) is 14.2. The van der Waals surface area contributed by atoms with Gasteiger partial charge < -0.3 is 0 Å². The number of benzene rings is 5. The standard InChI is InChI=1S/C44H53BrSi2/c1-28(2)46(29(3)4,30(5)6)21-19-39-41-24-34-15-13-14-16-35(34)25-42(41)40(20-22-47(31(7)8,32(9)10)33(11)12)44-27-37-23-38(45)18-17-36(37)26-43(39)44/h13-18,23-33H,1-12H3. The fraction of sp³-hybridized carbons (Fsp3) is 0.409. The molecule has 5 aromatic rings. The molecule has 3 heteroatoms. The Hall–Kier alpha value is -2.83. The Morgan fingerprint density at radius 1 is 0.426 bits per heavy atom. The molecule has 0 saturated heterocycles. The van der Waals surface area contributed by atoms with Crippen LogP contribution in [0.2, 0.25) is 33.2 Å². The maximum Gasteiger partial charge on any atom is 0.146 e. The van der Waals surface area contributed by atoms with E-state index in [0.29, 0.717) is 33.2 Å². The topological polar surface area (TPSA) is 0 Å². The molecule has 0 heterocycles. The first-order valence-corrected chi connectivity index (χ1v) is 23.0. The van der Waals surface area contributed by atoms with E-state index in [9.17, 15) is 0 Å². The summed E-state index contributed by atoms with van der Waals surface area (Å²) in [5, 5.41) is 9.87. The van der Waals surface area contributed by atoms with Crippen LogP contribution in [0.1, 0.15) is 94.2 Å². The van der Waals surface area contributed by atoms with Crippen molar-refractivity contribution < 1.29 is 0 Å². The SMILES string of the molecule is CC(C)[Si](C#Cc1c2cc3ccccc3cc2c(C#C[Si](C(C)C)(C(C)C)C(C)C)c2cc3cc(Br)ccc3cc12)(C(C)C)C(C)C. The summed E-state index contributed by atoms with van der Waals surface area (Å²) >= 11 is 3.75. The van der Waals surface area contributed by atoms with Crippen molar-refractivity contribution in [2.24, 2.45) is 0 Å². The maximum atomic E-state index is 4.11. The zero-order valence-corrected chi connectivity index (χ0v) is 34.3. The van der Waals surface area contributed by atoms with Crippen LogP contribution in [-0.4, -0.2) is 16.1 Å². The number of halogens is 1. The lowest BCUT2D eigenvalue weighted by molar-refractivity contribution is 0.838. The highest BCUT2D eigenvalue weighted by Gasteiger charge is 2.42. The zero-order chi connectivity index (χ0) is 34.4. The van der Waals surface area contributed by atoms with Gasteiger partial charge in [0, 0.05) is 15.6 Å². The van der Waals surface area contributed by atoms with E-state index >= 15 is 0 Å². The first kappa shape index (κ1) is 35.5. The third-order valence-corrected chi connectivity index (χ3v) is 24.5. The second-order valence-electron chi connectivity index (χ2n) is 15.7. The molecule has 5 aromatic carbocycles. The molecule has 0 radical (unpaired) electrons. The highest BCUT2D eigenvalue weighted by molar-refractivity contribution is 9.10. The minimum atomic E-state index is -1.98. The Bertz CT molecular complexity index is 2050. The van der Waals surface area contributed by atoms with Crippen LogP contribution in [0.4, 0.5) is 0 Å². The van der Waals surface area contributed by atoms with Gasteiger partial charge in [0.05, 0.1) is 0 Å². The Labute approximate surface area is 295 Å². The van der Waals surface area contributed by atoms with E-state index in [4.69, 9.17) is 0 Å². The van der Waals surface area contributed by atoms with Crippen LogP contribution in [0.25, 0.3) is 43.1 Å². The Morgan fingerprint density at radius 3 is 1.09 bits per heavy atom. The molecular formula is C44H53BrSi2. The van der Waals surface area contributed by atoms with Gasteiger partial charge in [-0.1, -0.05) is 141 Å². The molecule has 0 atom stereocenters. The van der Waals surface area contributed by atoms with Gasteiger partial charge in [-0.2, -0.15) is 0 Å². The highest BCUT2D eigenvalue weighted by atomic mass is 79.9. The van der Waals surface area contributed by atoms with Crippen molar-refractivity contribution in [3.63, 3.8) is 0 Å². The minimum Gasteiger partial charge on any atom is -0.125 e. The molecule has 0 N–H and O–H groups in total. The smallest absolute Gasteiger partial charge is 0.125 e. The molecule has 0 spiro atoms. The van der Waals surface area contributed by atoms with Crippen LogP contribution in [0, 0.1) is 22.9 Å². The Morgan fingerprint density at radius 2 is 0.745 bits per heavy atom. The molecule has 0 fully saturated rings. The largest absolute Gasteiger partial charge is 0.146 e. The van der Waals surface area contributed by atoms with E-state index in [1.165, 1.54) is 43.1 Å². The van der Waals surface area contributed by atoms with Crippen molar-refractivity contribution in [1.82, 2.24) is 0 Å². The van der Waals surface area contributed by atoms with Gasteiger partial charge >= 0.3 is 0 Å². The van der Waals surface area contributed by atoms with Crippen LogP contribution < -0.4 is 0 Å². The molecule has 0 aliphatic rings. The van der Waals surface area contributed by atoms with Gasteiger partial charge in [0.15, 0.2) is 0 Å². The van der Waals surface area contributed by atoms with E-state index in [1.807, 2.05) is 0 Å². The highest BCUT2D eigenvalue weighted by Crippen LogP contribution is 2.44. The van der Waals surface area contributed by atoms with Crippen molar-refractivity contribution >= 4 is 75.2 Å². The fourth-order valence-electron chi connectivity index (χ4n) is 9.10. The quantitative estimate of drug-likeness (QED) is 0.0932. The third kappa shape index (κ3) is 6.14. The van der Waals surface area contributed by atoms with Crippen LogP contribution >= 0.6 is 15.9 Å². The summed E-state index contributed by atoms with van der Waals surface area (Å²) in [6, 6.07) is 25.0. The minimum absolute atomic E-state index is 0.566. The number of hydrogen-bond acceptors (Lipinski definition) is 0. The molecule has 0 amide bonds. The third-order valence-electron chi connectivity index (χ3n) is 11.4. The number of rotatable bonds is 6. The molecule has 0 saturated carbocycles. The lowest BCUT2D eigenvalue weighted by Gasteiger charge is -2.38. The van der Waals surface area contributed by atoms with Gasteiger partial charge in [0.1, 0.15) is 16.1 Å². The average molecular weight is 718 g/mol. The van der Waals surface area contributed by atoms with Crippen LogP contribution in [0.5, 0.6) is 0 Å². The summed E-state index contributed by atoms with van der Waals surface area (Å²) in [5.41, 5.74) is 13.9. The van der Waals surface area contributed by atoms with E-state index < -0.39 is 16.1 Å². The van der Waals surface area contributed by atoms with Gasteiger partial charge in [-0.05, 0) is 113 Å². The molecular weight excluding hydrogens is 665 g/mol. The summed E-state index contributed by atoms with van der Waals surface area (Å²) in [6.07, 6.45) is 0. The molecule has 0 unspecified atom stereocenters. The molecule has 0 aliphatic carbocycles. The Balaban J connectivity index is 2.04. The summed E-state index contributed by atoms with van der Waals surface area (Å²) < 4.78 is 1.09. The molecule has 5 rings (SSSR count). The van der Waals surface area contributed by atoms with Crippen molar-refractivity contribution in [2.45, 2.75) is 116 Å². The van der Waals surface area contributed by atoms with Crippen molar-refractivity contribution in [2.75, 3.05) is 0 Å². The second kappa shape index (κ2) is 13.6. The normalized spacial score (nSPS) is 12.7. The van der Waals surface area contributed by atoms with Gasteiger partial charge in [-0.15, -0.1) is 11.1 Å². The van der Waals surface area contributed by atoms with E-state index in [1.54, 1.807) is 0 Å². The van der Waals surface area contributed by atoms with Crippen LogP contribution in [0.15, 0.2) is 71.2 Å². The summed E-state index contributed by atoms with van der Waals surface area (Å²) in [5.74, 6) is 7.95. The van der Waals surface area contributed by atoms with Crippen LogP contribution in [-0.2, 0) is 0 Å². The van der Waals surface area contributed by atoms with Crippen molar-refractivity contribution in [3.05, 3.63) is 82.3 Å². The lowest BCUT2D eigenvalue weighted by atomic mass is 9.89. The molecule has 47 heavy (non-hydrogen) atoms.